The number of carbonyl (C=O) groups excluding carboxylic acids is 1. The largest absolute Gasteiger partial charge is 0.381 e. The second-order valence-electron chi connectivity index (χ2n) is 9.19. The fourth-order valence-electron chi connectivity index (χ4n) is 3.70. The number of carbonyl (C=O) groups is 1. The van der Waals surface area contributed by atoms with Crippen molar-refractivity contribution < 1.29 is 28.5 Å². The number of ether oxygens (including phenoxy) is 5. The fourth-order valence-corrected chi connectivity index (χ4v) is 3.70. The van der Waals surface area contributed by atoms with E-state index in [0.29, 0.717) is 71.7 Å². The summed E-state index contributed by atoms with van der Waals surface area (Å²) in [5, 5.41) is 2.89. The molecule has 0 atom stereocenters. The molecule has 1 amide bonds. The Bertz CT molecular complexity index is 412. The minimum atomic E-state index is 0.0207. The molecule has 0 aliphatic heterocycles. The molecule has 0 heterocycles. The van der Waals surface area contributed by atoms with E-state index in [-0.39, 0.29) is 5.91 Å². The fraction of sp³-hybridized carbons (Fsp3) is 0.964. The summed E-state index contributed by atoms with van der Waals surface area (Å²) >= 11 is 0. The summed E-state index contributed by atoms with van der Waals surface area (Å²) in [6.45, 7) is 13.0. The lowest BCUT2D eigenvalue weighted by molar-refractivity contribution is -0.122. The Morgan fingerprint density at radius 1 is 0.571 bits per heavy atom. The number of hydrogen-bond donors (Lipinski definition) is 1. The third-order valence-electron chi connectivity index (χ3n) is 5.79. The highest BCUT2D eigenvalue weighted by molar-refractivity contribution is 5.75. The van der Waals surface area contributed by atoms with Gasteiger partial charge in [0.15, 0.2) is 0 Å². The quantitative estimate of drug-likeness (QED) is 0.135. The highest BCUT2D eigenvalue weighted by Gasteiger charge is 2.10. The van der Waals surface area contributed by atoms with Crippen LogP contribution in [-0.2, 0) is 28.5 Å². The van der Waals surface area contributed by atoms with Crippen molar-refractivity contribution in [1.29, 1.82) is 0 Å². The van der Waals surface area contributed by atoms with E-state index in [0.717, 1.165) is 19.6 Å². The van der Waals surface area contributed by atoms with Gasteiger partial charge in [-0.25, -0.2) is 0 Å². The van der Waals surface area contributed by atoms with Gasteiger partial charge in [-0.15, -0.1) is 0 Å². The van der Waals surface area contributed by atoms with E-state index in [4.69, 9.17) is 23.7 Å². The molecular formula is C28H57NO6. The Hall–Kier alpha value is -0.730. The predicted molar refractivity (Wildman–Crippen MR) is 143 cm³/mol. The molecule has 0 spiro atoms. The van der Waals surface area contributed by atoms with Gasteiger partial charge in [-0.05, 0) is 25.2 Å². The van der Waals surface area contributed by atoms with Crippen molar-refractivity contribution in [2.24, 2.45) is 5.92 Å². The van der Waals surface area contributed by atoms with Crippen LogP contribution in [0.5, 0.6) is 0 Å². The van der Waals surface area contributed by atoms with Crippen LogP contribution in [0.2, 0.25) is 0 Å². The standard InChI is InChI=1S/C28H57NO6/c1-4-7-9-11-13-27(14-12-10-8-5-2)26-35-18-15-28(30)29-16-19-32-21-23-34-25-24-33-22-20-31-17-6-3/h27H,4-26H2,1-3H3,(H,29,30). The van der Waals surface area contributed by atoms with Gasteiger partial charge in [-0.3, -0.25) is 4.79 Å². The van der Waals surface area contributed by atoms with Crippen LogP contribution in [0.3, 0.4) is 0 Å². The van der Waals surface area contributed by atoms with Gasteiger partial charge in [0.2, 0.25) is 5.91 Å². The molecule has 0 aromatic rings. The Balaban J connectivity index is 3.56. The van der Waals surface area contributed by atoms with Gasteiger partial charge in [0, 0.05) is 26.2 Å². The summed E-state index contributed by atoms with van der Waals surface area (Å²) in [7, 11) is 0. The number of hydrogen-bond acceptors (Lipinski definition) is 6. The predicted octanol–water partition coefficient (Wildman–Crippen LogP) is 5.54. The van der Waals surface area contributed by atoms with Crippen LogP contribution in [0.4, 0.5) is 0 Å². The van der Waals surface area contributed by atoms with Crippen LogP contribution in [0, 0.1) is 5.92 Å². The molecule has 0 aliphatic rings. The van der Waals surface area contributed by atoms with Gasteiger partial charge in [0.05, 0.1) is 52.9 Å². The third-order valence-corrected chi connectivity index (χ3v) is 5.79. The molecule has 0 rings (SSSR count). The van der Waals surface area contributed by atoms with E-state index < -0.39 is 0 Å². The van der Waals surface area contributed by atoms with Gasteiger partial charge in [0.1, 0.15) is 0 Å². The highest BCUT2D eigenvalue weighted by Crippen LogP contribution is 2.19. The SMILES string of the molecule is CCCCCCC(CCCCCC)COCCC(=O)NCCOCCOCCOCCOCCC. The lowest BCUT2D eigenvalue weighted by atomic mass is 9.95. The molecular weight excluding hydrogens is 446 g/mol. The smallest absolute Gasteiger partial charge is 0.222 e. The van der Waals surface area contributed by atoms with Crippen molar-refractivity contribution in [1.82, 2.24) is 5.32 Å². The molecule has 0 saturated carbocycles. The van der Waals surface area contributed by atoms with Gasteiger partial charge in [-0.2, -0.15) is 0 Å². The Kier molecular flexibility index (Phi) is 28.9. The van der Waals surface area contributed by atoms with E-state index in [1.807, 2.05) is 0 Å². The molecule has 0 unspecified atom stereocenters. The number of rotatable bonds is 29. The van der Waals surface area contributed by atoms with Crippen molar-refractivity contribution in [2.45, 2.75) is 97.8 Å². The second kappa shape index (κ2) is 29.5. The van der Waals surface area contributed by atoms with Crippen LogP contribution in [-0.4, -0.2) is 78.5 Å². The molecule has 0 fully saturated rings. The van der Waals surface area contributed by atoms with Crippen molar-refractivity contribution in [3.8, 4) is 0 Å². The molecule has 0 aromatic heterocycles. The topological polar surface area (TPSA) is 75.3 Å². The maximum Gasteiger partial charge on any atom is 0.222 e. The van der Waals surface area contributed by atoms with Gasteiger partial charge in [-0.1, -0.05) is 72.1 Å². The van der Waals surface area contributed by atoms with Gasteiger partial charge >= 0.3 is 0 Å². The van der Waals surface area contributed by atoms with Crippen LogP contribution < -0.4 is 5.32 Å². The zero-order valence-electron chi connectivity index (χ0n) is 23.3. The molecule has 0 aromatic carbocycles. The first kappa shape index (κ1) is 34.3. The number of amides is 1. The Labute approximate surface area is 216 Å². The molecule has 7 heteroatoms. The minimum Gasteiger partial charge on any atom is -0.381 e. The van der Waals surface area contributed by atoms with E-state index in [1.165, 1.54) is 64.2 Å². The van der Waals surface area contributed by atoms with Gasteiger partial charge < -0.3 is 29.0 Å². The maximum atomic E-state index is 12.0. The van der Waals surface area contributed by atoms with Crippen molar-refractivity contribution in [2.75, 3.05) is 72.6 Å². The monoisotopic (exact) mass is 503 g/mol. The first-order chi connectivity index (χ1) is 17.2. The molecule has 210 valence electrons. The first-order valence-electron chi connectivity index (χ1n) is 14.4. The first-order valence-corrected chi connectivity index (χ1v) is 14.4. The van der Waals surface area contributed by atoms with Crippen LogP contribution >= 0.6 is 0 Å². The van der Waals surface area contributed by atoms with Crippen molar-refractivity contribution in [3.63, 3.8) is 0 Å². The van der Waals surface area contributed by atoms with Crippen molar-refractivity contribution >= 4 is 5.91 Å². The second-order valence-corrected chi connectivity index (χ2v) is 9.19. The van der Waals surface area contributed by atoms with Crippen molar-refractivity contribution in [3.05, 3.63) is 0 Å². The minimum absolute atomic E-state index is 0.0207. The number of unbranched alkanes of at least 4 members (excludes halogenated alkanes) is 6. The zero-order valence-corrected chi connectivity index (χ0v) is 23.3. The summed E-state index contributed by atoms with van der Waals surface area (Å²) in [5.74, 6) is 0.654. The molecule has 35 heavy (non-hydrogen) atoms. The van der Waals surface area contributed by atoms with E-state index in [1.54, 1.807) is 0 Å². The summed E-state index contributed by atoms with van der Waals surface area (Å²) in [6, 6.07) is 0. The van der Waals surface area contributed by atoms with E-state index >= 15 is 0 Å². The molecule has 0 aliphatic carbocycles. The average molecular weight is 504 g/mol. The summed E-state index contributed by atoms with van der Waals surface area (Å²) < 4.78 is 27.6. The summed E-state index contributed by atoms with van der Waals surface area (Å²) in [4.78, 5) is 12.0. The third kappa shape index (κ3) is 27.7. The maximum absolute atomic E-state index is 12.0. The molecule has 7 nitrogen and oxygen atoms in total. The van der Waals surface area contributed by atoms with E-state index in [2.05, 4.69) is 26.1 Å². The van der Waals surface area contributed by atoms with Gasteiger partial charge in [0.25, 0.3) is 0 Å². The zero-order chi connectivity index (χ0) is 25.7. The number of nitrogens with one attached hydrogen (secondary N) is 1. The van der Waals surface area contributed by atoms with Crippen LogP contribution in [0.25, 0.3) is 0 Å². The summed E-state index contributed by atoms with van der Waals surface area (Å²) in [5.41, 5.74) is 0. The highest BCUT2D eigenvalue weighted by atomic mass is 16.6. The molecule has 0 radical (unpaired) electrons. The molecule has 0 bridgehead atoms. The normalized spacial score (nSPS) is 11.4. The molecule has 1 N–H and O–H groups in total. The average Bonchev–Trinajstić information content (AvgIpc) is 2.86. The lowest BCUT2D eigenvalue weighted by Crippen LogP contribution is -2.28. The Morgan fingerprint density at radius 3 is 1.60 bits per heavy atom. The lowest BCUT2D eigenvalue weighted by Gasteiger charge is -2.17. The molecule has 0 saturated heterocycles. The summed E-state index contributed by atoms with van der Waals surface area (Å²) in [6.07, 6.45) is 14.4. The van der Waals surface area contributed by atoms with Crippen LogP contribution in [0.1, 0.15) is 97.8 Å². The Morgan fingerprint density at radius 2 is 1.09 bits per heavy atom. The van der Waals surface area contributed by atoms with Crippen LogP contribution in [0.15, 0.2) is 0 Å². The van der Waals surface area contributed by atoms with E-state index in [9.17, 15) is 4.79 Å².